The topological polar surface area (TPSA) is 76.3 Å². The molecule has 0 spiro atoms. The zero-order valence-electron chi connectivity index (χ0n) is 17.1. The highest BCUT2D eigenvalue weighted by molar-refractivity contribution is 5.93. The Kier molecular flexibility index (Phi) is 6.54. The fourth-order valence-corrected chi connectivity index (χ4v) is 3.51. The number of amides is 2. The van der Waals surface area contributed by atoms with Gasteiger partial charge in [0.1, 0.15) is 0 Å². The maximum atomic E-state index is 12.4. The summed E-state index contributed by atoms with van der Waals surface area (Å²) < 4.78 is 1.93. The summed E-state index contributed by atoms with van der Waals surface area (Å²) in [6, 6.07) is 14.5. The fraction of sp³-hybridized carbons (Fsp3) is 0.304. The summed E-state index contributed by atoms with van der Waals surface area (Å²) in [6.45, 7) is 4.78. The molecule has 0 unspecified atom stereocenters. The Bertz CT molecular complexity index is 1120. The van der Waals surface area contributed by atoms with Gasteiger partial charge in [-0.2, -0.15) is 4.99 Å². The Morgan fingerprint density at radius 1 is 1.21 bits per heavy atom. The van der Waals surface area contributed by atoms with Crippen molar-refractivity contribution >= 4 is 23.4 Å². The second kappa shape index (κ2) is 9.28. The lowest BCUT2D eigenvalue weighted by Crippen LogP contribution is -2.34. The van der Waals surface area contributed by atoms with Crippen LogP contribution in [-0.2, 0) is 24.2 Å². The molecule has 0 aliphatic rings. The second-order valence-electron chi connectivity index (χ2n) is 7.02. The molecule has 29 heavy (non-hydrogen) atoms. The average Bonchev–Trinajstić information content (AvgIpc) is 2.73. The quantitative estimate of drug-likeness (QED) is 0.630. The zero-order chi connectivity index (χ0) is 20.8. The normalized spacial score (nSPS) is 11.6. The largest absolute Gasteiger partial charge is 0.354 e. The first-order valence-electron chi connectivity index (χ1n) is 9.86. The molecule has 0 saturated heterocycles. The van der Waals surface area contributed by atoms with Gasteiger partial charge in [-0.15, -0.1) is 0 Å². The van der Waals surface area contributed by atoms with Crippen molar-refractivity contribution in [1.29, 1.82) is 0 Å². The third-order valence-electron chi connectivity index (χ3n) is 4.99. The number of aromatic nitrogens is 2. The molecule has 0 saturated carbocycles. The molecule has 0 fully saturated rings. The van der Waals surface area contributed by atoms with Crippen molar-refractivity contribution < 1.29 is 9.59 Å². The Morgan fingerprint density at radius 3 is 2.72 bits per heavy atom. The first-order chi connectivity index (χ1) is 14.1. The van der Waals surface area contributed by atoms with Crippen LogP contribution < -0.4 is 10.8 Å². The number of rotatable bonds is 7. The van der Waals surface area contributed by atoms with Gasteiger partial charge in [0.05, 0.1) is 11.0 Å². The number of carbonyl (C=O) groups excluding carboxylic acids is 2. The molecule has 1 aromatic heterocycles. The van der Waals surface area contributed by atoms with Gasteiger partial charge in [-0.1, -0.05) is 42.8 Å². The third kappa shape index (κ3) is 4.59. The molecule has 6 nitrogen and oxygen atoms in total. The lowest BCUT2D eigenvalue weighted by atomic mass is 10.1. The Balaban J connectivity index is 2.08. The highest BCUT2D eigenvalue weighted by atomic mass is 16.2. The minimum atomic E-state index is -0.359. The Morgan fingerprint density at radius 2 is 2.03 bits per heavy atom. The molecule has 1 N–H and O–H groups in total. The van der Waals surface area contributed by atoms with Crippen LogP contribution in [0.4, 0.5) is 0 Å². The Labute approximate surface area is 170 Å². The van der Waals surface area contributed by atoms with E-state index in [-0.39, 0.29) is 11.6 Å². The molecule has 2 aromatic carbocycles. The van der Waals surface area contributed by atoms with Crippen molar-refractivity contribution in [3.63, 3.8) is 0 Å². The molecular formula is C23H26N4O2. The van der Waals surface area contributed by atoms with Gasteiger partial charge in [0.25, 0.3) is 5.91 Å². The first-order valence-corrected chi connectivity index (χ1v) is 9.86. The average molecular weight is 390 g/mol. The predicted octanol–water partition coefficient (Wildman–Crippen LogP) is 2.96. The molecule has 0 radical (unpaired) electrons. The van der Waals surface area contributed by atoms with Crippen molar-refractivity contribution in [2.45, 2.75) is 39.7 Å². The summed E-state index contributed by atoms with van der Waals surface area (Å²) in [6.07, 6.45) is 3.08. The maximum absolute atomic E-state index is 12.4. The van der Waals surface area contributed by atoms with E-state index in [0.717, 1.165) is 35.9 Å². The predicted molar refractivity (Wildman–Crippen MR) is 114 cm³/mol. The van der Waals surface area contributed by atoms with E-state index in [1.165, 1.54) is 11.1 Å². The molecule has 0 aliphatic heterocycles. The molecule has 2 amide bonds. The van der Waals surface area contributed by atoms with E-state index in [9.17, 15) is 9.59 Å². The third-order valence-corrected chi connectivity index (χ3v) is 4.99. The zero-order valence-corrected chi connectivity index (χ0v) is 17.1. The van der Waals surface area contributed by atoms with Gasteiger partial charge in [0, 0.05) is 13.6 Å². The number of aryl methyl sites for hydroxylation is 4. The van der Waals surface area contributed by atoms with Gasteiger partial charge in [-0.3, -0.25) is 9.59 Å². The van der Waals surface area contributed by atoms with Crippen LogP contribution in [-0.4, -0.2) is 28.9 Å². The van der Waals surface area contributed by atoms with Gasteiger partial charge in [0.15, 0.2) is 11.2 Å². The SMILES string of the molecule is CCc1ccc2c(c1)nc(C(=O)NC)c(=NC=O)n2CCCc1cccc(C)c1. The number of fused-ring (bicyclic) bond motifs is 1. The standard InChI is InChI=1S/C23H26N4O2/c1-4-17-10-11-20-19(14-17)26-21(23(29)24-3)22(25-15-28)27(20)12-6-9-18-8-5-7-16(2)13-18/h5,7-8,10-11,13-15H,4,6,9,12H2,1-3H3,(H,24,29). The number of nitrogens with zero attached hydrogens (tertiary/aromatic N) is 3. The number of carbonyl (C=O) groups is 2. The van der Waals surface area contributed by atoms with Crippen molar-refractivity contribution in [3.8, 4) is 0 Å². The summed E-state index contributed by atoms with van der Waals surface area (Å²) in [4.78, 5) is 32.1. The van der Waals surface area contributed by atoms with Crippen molar-refractivity contribution in [2.75, 3.05) is 7.05 Å². The summed E-state index contributed by atoms with van der Waals surface area (Å²) in [5.41, 5.74) is 5.67. The van der Waals surface area contributed by atoms with E-state index in [0.29, 0.717) is 18.4 Å². The molecule has 150 valence electrons. The van der Waals surface area contributed by atoms with Crippen LogP contribution in [0.2, 0.25) is 0 Å². The van der Waals surface area contributed by atoms with E-state index >= 15 is 0 Å². The Hall–Kier alpha value is -3.28. The van der Waals surface area contributed by atoms with Gasteiger partial charge >= 0.3 is 0 Å². The van der Waals surface area contributed by atoms with Crippen molar-refractivity contribution in [3.05, 3.63) is 70.3 Å². The van der Waals surface area contributed by atoms with Crippen LogP contribution in [0.15, 0.2) is 47.5 Å². The van der Waals surface area contributed by atoms with Gasteiger partial charge in [-0.25, -0.2) is 4.98 Å². The second-order valence-corrected chi connectivity index (χ2v) is 7.02. The van der Waals surface area contributed by atoms with Crippen LogP contribution in [0.3, 0.4) is 0 Å². The molecule has 0 aliphatic carbocycles. The van der Waals surface area contributed by atoms with Gasteiger partial charge in [0.2, 0.25) is 6.41 Å². The first kappa shape index (κ1) is 20.5. The monoisotopic (exact) mass is 390 g/mol. The van der Waals surface area contributed by atoms with Gasteiger partial charge in [-0.05, 0) is 49.4 Å². The molecule has 0 bridgehead atoms. The summed E-state index contributed by atoms with van der Waals surface area (Å²) in [7, 11) is 1.55. The fourth-order valence-electron chi connectivity index (χ4n) is 3.51. The van der Waals surface area contributed by atoms with E-state index in [1.807, 2.05) is 22.8 Å². The molecular weight excluding hydrogens is 364 g/mol. The summed E-state index contributed by atoms with van der Waals surface area (Å²) >= 11 is 0. The molecule has 1 heterocycles. The molecule has 3 rings (SSSR count). The number of benzene rings is 2. The van der Waals surface area contributed by atoms with E-state index in [1.54, 1.807) is 7.05 Å². The van der Waals surface area contributed by atoms with Crippen LogP contribution in [0, 0.1) is 6.92 Å². The van der Waals surface area contributed by atoms with Crippen LogP contribution in [0.25, 0.3) is 11.0 Å². The smallest absolute Gasteiger partial charge is 0.273 e. The molecule has 6 heteroatoms. The number of nitrogens with one attached hydrogen (secondary N) is 1. The van der Waals surface area contributed by atoms with Crippen LogP contribution in [0.5, 0.6) is 0 Å². The van der Waals surface area contributed by atoms with Crippen LogP contribution in [0.1, 0.15) is 40.5 Å². The van der Waals surface area contributed by atoms with E-state index in [4.69, 9.17) is 0 Å². The highest BCUT2D eigenvalue weighted by Crippen LogP contribution is 2.15. The minimum absolute atomic E-state index is 0.163. The lowest BCUT2D eigenvalue weighted by molar-refractivity contribution is -0.107. The maximum Gasteiger partial charge on any atom is 0.273 e. The number of hydrogen-bond acceptors (Lipinski definition) is 3. The van der Waals surface area contributed by atoms with E-state index in [2.05, 4.69) is 53.4 Å². The lowest BCUT2D eigenvalue weighted by Gasteiger charge is -2.15. The van der Waals surface area contributed by atoms with Crippen LogP contribution >= 0.6 is 0 Å². The highest BCUT2D eigenvalue weighted by Gasteiger charge is 2.15. The van der Waals surface area contributed by atoms with Crippen molar-refractivity contribution in [2.24, 2.45) is 4.99 Å². The summed E-state index contributed by atoms with van der Waals surface area (Å²) in [5.74, 6) is -0.359. The van der Waals surface area contributed by atoms with E-state index < -0.39 is 0 Å². The van der Waals surface area contributed by atoms with Gasteiger partial charge < -0.3 is 9.88 Å². The number of hydrogen-bond donors (Lipinski definition) is 1. The minimum Gasteiger partial charge on any atom is -0.354 e. The summed E-state index contributed by atoms with van der Waals surface area (Å²) in [5, 5.41) is 2.60. The molecule has 0 atom stereocenters. The van der Waals surface area contributed by atoms with Crippen molar-refractivity contribution in [1.82, 2.24) is 14.9 Å². The molecule has 3 aromatic rings.